The van der Waals surface area contributed by atoms with Gasteiger partial charge in [0, 0.05) is 42.6 Å². The molecule has 4 heterocycles. The summed E-state index contributed by atoms with van der Waals surface area (Å²) in [6.45, 7) is 2.46. The highest BCUT2D eigenvalue weighted by Crippen LogP contribution is 2.29. The molecule has 0 bridgehead atoms. The molecule has 1 aromatic carbocycles. The third-order valence-corrected chi connectivity index (χ3v) is 6.12. The van der Waals surface area contributed by atoms with Gasteiger partial charge in [-0.3, -0.25) is 4.79 Å². The predicted molar refractivity (Wildman–Crippen MR) is 104 cm³/mol. The number of rotatable bonds is 3. The third-order valence-electron chi connectivity index (χ3n) is 5.11. The normalized spacial score (nSPS) is 17.2. The molecule has 0 aliphatic carbocycles. The molecule has 0 radical (unpaired) electrons. The number of hydrogen-bond acceptors (Lipinski definition) is 6. The number of anilines is 1. The molecule has 1 saturated heterocycles. The SMILES string of the molecule is O=c1cc2c(nn1CC1CN(c3ncnc4ccccc34)C1)CCSC2. The number of fused-ring (bicyclic) bond motifs is 2. The van der Waals surface area contributed by atoms with Crippen molar-refractivity contribution in [3.05, 3.63) is 58.3 Å². The first-order valence-corrected chi connectivity index (χ1v) is 10.1. The summed E-state index contributed by atoms with van der Waals surface area (Å²) in [5.74, 6) is 3.41. The van der Waals surface area contributed by atoms with E-state index in [0.29, 0.717) is 12.5 Å². The van der Waals surface area contributed by atoms with Crippen LogP contribution in [0.1, 0.15) is 11.3 Å². The number of benzene rings is 1. The van der Waals surface area contributed by atoms with Crippen molar-refractivity contribution < 1.29 is 0 Å². The Bertz CT molecular complexity index is 1020. The molecule has 0 unspecified atom stereocenters. The van der Waals surface area contributed by atoms with Gasteiger partial charge in [-0.15, -0.1) is 0 Å². The summed E-state index contributed by atoms with van der Waals surface area (Å²) in [6, 6.07) is 9.85. The van der Waals surface area contributed by atoms with Gasteiger partial charge >= 0.3 is 0 Å². The highest BCUT2D eigenvalue weighted by molar-refractivity contribution is 7.98. The van der Waals surface area contributed by atoms with E-state index in [1.807, 2.05) is 30.0 Å². The number of aromatic nitrogens is 4. The van der Waals surface area contributed by atoms with Gasteiger partial charge in [0.05, 0.1) is 17.8 Å². The van der Waals surface area contributed by atoms with Crippen LogP contribution in [0.2, 0.25) is 0 Å². The summed E-state index contributed by atoms with van der Waals surface area (Å²) in [5, 5.41) is 5.71. The van der Waals surface area contributed by atoms with Crippen LogP contribution in [0.25, 0.3) is 10.9 Å². The summed E-state index contributed by atoms with van der Waals surface area (Å²) in [5.41, 5.74) is 3.20. The summed E-state index contributed by atoms with van der Waals surface area (Å²) in [4.78, 5) is 23.4. The second kappa shape index (κ2) is 6.39. The zero-order chi connectivity index (χ0) is 17.5. The van der Waals surface area contributed by atoms with Gasteiger partial charge in [-0.05, 0) is 23.4 Å². The lowest BCUT2D eigenvalue weighted by Crippen LogP contribution is -2.50. The van der Waals surface area contributed by atoms with Crippen LogP contribution < -0.4 is 10.5 Å². The van der Waals surface area contributed by atoms with Crippen molar-refractivity contribution in [2.24, 2.45) is 5.92 Å². The molecule has 0 atom stereocenters. The van der Waals surface area contributed by atoms with Gasteiger partial charge in [-0.25, -0.2) is 14.6 Å². The summed E-state index contributed by atoms with van der Waals surface area (Å²) in [7, 11) is 0. The largest absolute Gasteiger partial charge is 0.355 e. The zero-order valence-corrected chi connectivity index (χ0v) is 15.2. The molecule has 2 aromatic heterocycles. The van der Waals surface area contributed by atoms with Crippen LogP contribution in [-0.2, 0) is 18.7 Å². The smallest absolute Gasteiger partial charge is 0.267 e. The Morgan fingerprint density at radius 3 is 3.00 bits per heavy atom. The maximum Gasteiger partial charge on any atom is 0.267 e. The third kappa shape index (κ3) is 2.76. The van der Waals surface area contributed by atoms with Crippen molar-refractivity contribution >= 4 is 28.5 Å². The van der Waals surface area contributed by atoms with E-state index in [1.165, 1.54) is 0 Å². The van der Waals surface area contributed by atoms with Crippen LogP contribution in [0.3, 0.4) is 0 Å². The van der Waals surface area contributed by atoms with Gasteiger partial charge in [0.15, 0.2) is 0 Å². The average Bonchev–Trinajstić information content (AvgIpc) is 2.64. The van der Waals surface area contributed by atoms with Crippen LogP contribution in [0.5, 0.6) is 0 Å². The van der Waals surface area contributed by atoms with Crippen molar-refractivity contribution in [3.63, 3.8) is 0 Å². The number of hydrogen-bond donors (Lipinski definition) is 0. The molecule has 0 saturated carbocycles. The van der Waals surface area contributed by atoms with E-state index < -0.39 is 0 Å². The number of nitrogens with zero attached hydrogens (tertiary/aromatic N) is 5. The van der Waals surface area contributed by atoms with E-state index in [9.17, 15) is 4.79 Å². The minimum absolute atomic E-state index is 0.0252. The van der Waals surface area contributed by atoms with Crippen molar-refractivity contribution in [2.45, 2.75) is 18.7 Å². The molecule has 0 N–H and O–H groups in total. The van der Waals surface area contributed by atoms with Crippen molar-refractivity contribution in [1.82, 2.24) is 19.7 Å². The molecule has 26 heavy (non-hydrogen) atoms. The molecular weight excluding hydrogens is 346 g/mol. The molecule has 2 aliphatic rings. The monoisotopic (exact) mass is 365 g/mol. The first kappa shape index (κ1) is 15.8. The number of para-hydroxylation sites is 1. The lowest BCUT2D eigenvalue weighted by molar-refractivity contribution is 0.331. The van der Waals surface area contributed by atoms with E-state index in [2.05, 4.69) is 26.0 Å². The topological polar surface area (TPSA) is 63.9 Å². The second-order valence-electron chi connectivity index (χ2n) is 6.92. The molecular formula is C19H19N5OS. The number of thioether (sulfide) groups is 1. The van der Waals surface area contributed by atoms with Crippen LogP contribution in [0, 0.1) is 5.92 Å². The Balaban J connectivity index is 1.32. The van der Waals surface area contributed by atoms with E-state index in [0.717, 1.165) is 59.0 Å². The van der Waals surface area contributed by atoms with E-state index in [-0.39, 0.29) is 5.56 Å². The Morgan fingerprint density at radius 2 is 2.08 bits per heavy atom. The first-order valence-electron chi connectivity index (χ1n) is 8.90. The average molecular weight is 365 g/mol. The highest BCUT2D eigenvalue weighted by atomic mass is 32.2. The van der Waals surface area contributed by atoms with E-state index >= 15 is 0 Å². The van der Waals surface area contributed by atoms with Gasteiger partial charge < -0.3 is 4.90 Å². The maximum atomic E-state index is 12.3. The fourth-order valence-corrected chi connectivity index (χ4v) is 4.68. The van der Waals surface area contributed by atoms with Gasteiger partial charge in [-0.2, -0.15) is 16.9 Å². The summed E-state index contributed by atoms with van der Waals surface area (Å²) >= 11 is 1.87. The molecule has 3 aromatic rings. The Kier molecular flexibility index (Phi) is 3.89. The van der Waals surface area contributed by atoms with Crippen molar-refractivity contribution in [2.75, 3.05) is 23.7 Å². The molecule has 6 nitrogen and oxygen atoms in total. The van der Waals surface area contributed by atoms with E-state index in [4.69, 9.17) is 0 Å². The fourth-order valence-electron chi connectivity index (χ4n) is 3.73. The van der Waals surface area contributed by atoms with Crippen LogP contribution >= 0.6 is 11.8 Å². The van der Waals surface area contributed by atoms with Crippen LogP contribution in [0.4, 0.5) is 5.82 Å². The molecule has 5 rings (SSSR count). The minimum Gasteiger partial charge on any atom is -0.355 e. The van der Waals surface area contributed by atoms with E-state index in [1.54, 1.807) is 17.1 Å². The number of aryl methyl sites for hydroxylation is 1. The molecule has 0 amide bonds. The van der Waals surface area contributed by atoms with Gasteiger partial charge in [-0.1, -0.05) is 12.1 Å². The maximum absolute atomic E-state index is 12.3. The molecule has 1 fully saturated rings. The molecule has 0 spiro atoms. The summed E-state index contributed by atoms with van der Waals surface area (Å²) < 4.78 is 1.66. The van der Waals surface area contributed by atoms with Gasteiger partial charge in [0.1, 0.15) is 12.1 Å². The molecule has 2 aliphatic heterocycles. The standard InChI is InChI=1S/C19H19N5OS/c25-18-7-14-11-26-6-5-16(14)22-24(18)10-13-8-23(9-13)19-15-3-1-2-4-17(15)20-12-21-19/h1-4,7,12-13H,5-6,8-11H2. The molecule has 7 heteroatoms. The Labute approximate surface area is 155 Å². The first-order chi connectivity index (χ1) is 12.8. The predicted octanol–water partition coefficient (Wildman–Crippen LogP) is 2.11. The highest BCUT2D eigenvalue weighted by Gasteiger charge is 2.30. The lowest BCUT2D eigenvalue weighted by Gasteiger charge is -2.40. The zero-order valence-electron chi connectivity index (χ0n) is 14.3. The molecule has 132 valence electrons. The van der Waals surface area contributed by atoms with Crippen LogP contribution in [0.15, 0.2) is 41.5 Å². The second-order valence-corrected chi connectivity index (χ2v) is 8.03. The van der Waals surface area contributed by atoms with Crippen molar-refractivity contribution in [3.8, 4) is 0 Å². The fraction of sp³-hybridized carbons (Fsp3) is 0.368. The van der Waals surface area contributed by atoms with Gasteiger partial charge in [0.2, 0.25) is 0 Å². The van der Waals surface area contributed by atoms with Crippen LogP contribution in [-0.4, -0.2) is 38.6 Å². The Morgan fingerprint density at radius 1 is 1.19 bits per heavy atom. The lowest BCUT2D eigenvalue weighted by atomic mass is 9.99. The van der Waals surface area contributed by atoms with Gasteiger partial charge in [0.25, 0.3) is 5.56 Å². The Hall–Kier alpha value is -2.41. The quantitative estimate of drug-likeness (QED) is 0.708. The van der Waals surface area contributed by atoms with Crippen molar-refractivity contribution in [1.29, 1.82) is 0 Å². The summed E-state index contributed by atoms with van der Waals surface area (Å²) in [6.07, 6.45) is 2.59. The minimum atomic E-state index is 0.0252.